The highest BCUT2D eigenvalue weighted by Gasteiger charge is 2.27. The van der Waals surface area contributed by atoms with E-state index in [2.05, 4.69) is 26.9 Å². The number of aromatic nitrogens is 3. The highest BCUT2D eigenvalue weighted by atomic mass is 16.6. The lowest BCUT2D eigenvalue weighted by Gasteiger charge is -2.33. The third-order valence-electron chi connectivity index (χ3n) is 5.53. The summed E-state index contributed by atoms with van der Waals surface area (Å²) in [6.45, 7) is 5.34. The molecule has 166 valence electrons. The molecule has 0 aliphatic carbocycles. The molecule has 0 bridgehead atoms. The summed E-state index contributed by atoms with van der Waals surface area (Å²) in [5.41, 5.74) is 1.27. The van der Waals surface area contributed by atoms with E-state index in [9.17, 15) is 14.9 Å². The molecule has 3 aromatic rings. The number of rotatable bonds is 6. The summed E-state index contributed by atoms with van der Waals surface area (Å²) >= 11 is 0. The summed E-state index contributed by atoms with van der Waals surface area (Å²) in [6, 6.07) is 7.82. The molecule has 3 heterocycles. The summed E-state index contributed by atoms with van der Waals surface area (Å²) in [6.07, 6.45) is 4.37. The van der Waals surface area contributed by atoms with E-state index in [-0.39, 0.29) is 17.1 Å². The van der Waals surface area contributed by atoms with Crippen molar-refractivity contribution in [3.05, 3.63) is 64.3 Å². The second-order valence-corrected chi connectivity index (χ2v) is 7.87. The number of non-ortho nitro benzene ring substituents is 1. The molecule has 1 aliphatic heterocycles. The number of pyridine rings is 1. The number of nitro groups is 1. The van der Waals surface area contributed by atoms with Crippen LogP contribution in [0.25, 0.3) is 11.4 Å². The van der Waals surface area contributed by atoms with Gasteiger partial charge in [-0.15, -0.1) is 0 Å². The molecule has 0 N–H and O–H groups in total. The number of carbonyl (C=O) groups excluding carboxylic acids is 1. The molecule has 1 atom stereocenters. The van der Waals surface area contributed by atoms with Gasteiger partial charge in [-0.2, -0.15) is 4.98 Å². The average molecular weight is 437 g/mol. The van der Waals surface area contributed by atoms with Gasteiger partial charge in [0.25, 0.3) is 11.6 Å². The van der Waals surface area contributed by atoms with Gasteiger partial charge in [-0.3, -0.25) is 15.1 Å². The molecule has 1 saturated heterocycles. The fourth-order valence-electron chi connectivity index (χ4n) is 3.61. The van der Waals surface area contributed by atoms with Gasteiger partial charge < -0.3 is 14.2 Å². The molecule has 1 aromatic carbocycles. The molecule has 10 heteroatoms. The average Bonchev–Trinajstić information content (AvgIpc) is 3.30. The van der Waals surface area contributed by atoms with Gasteiger partial charge in [0.15, 0.2) is 6.10 Å². The molecular weight excluding hydrogens is 414 g/mol. The fourth-order valence-corrected chi connectivity index (χ4v) is 3.61. The number of anilines is 1. The van der Waals surface area contributed by atoms with Crippen molar-refractivity contribution in [2.75, 3.05) is 18.0 Å². The van der Waals surface area contributed by atoms with Gasteiger partial charge in [0.05, 0.1) is 16.2 Å². The topological polar surface area (TPSA) is 124 Å². The largest absolute Gasteiger partial charge is 0.449 e. The van der Waals surface area contributed by atoms with Gasteiger partial charge in [0.1, 0.15) is 0 Å². The smallest absolute Gasteiger partial charge is 0.341 e. The van der Waals surface area contributed by atoms with E-state index >= 15 is 0 Å². The van der Waals surface area contributed by atoms with Crippen LogP contribution in [-0.4, -0.2) is 39.1 Å². The van der Waals surface area contributed by atoms with Crippen LogP contribution < -0.4 is 4.90 Å². The van der Waals surface area contributed by atoms with Crippen molar-refractivity contribution in [3.63, 3.8) is 0 Å². The van der Waals surface area contributed by atoms with E-state index in [4.69, 9.17) is 9.26 Å². The van der Waals surface area contributed by atoms with E-state index in [1.807, 2.05) is 0 Å². The van der Waals surface area contributed by atoms with E-state index in [0.717, 1.165) is 25.9 Å². The molecule has 4 rings (SSSR count). The number of benzene rings is 1. The highest BCUT2D eigenvalue weighted by molar-refractivity contribution is 5.97. The van der Waals surface area contributed by atoms with Crippen LogP contribution in [0.3, 0.4) is 0 Å². The summed E-state index contributed by atoms with van der Waals surface area (Å²) in [5.74, 6) is 0.368. The second-order valence-electron chi connectivity index (χ2n) is 7.87. The molecule has 32 heavy (non-hydrogen) atoms. The molecule has 0 radical (unpaired) electrons. The van der Waals surface area contributed by atoms with E-state index < -0.39 is 17.0 Å². The second kappa shape index (κ2) is 9.13. The molecule has 0 spiro atoms. The van der Waals surface area contributed by atoms with Crippen LogP contribution in [0.1, 0.15) is 49.0 Å². The van der Waals surface area contributed by atoms with Gasteiger partial charge in [-0.25, -0.2) is 4.79 Å². The maximum absolute atomic E-state index is 13.0. The first-order valence-electron chi connectivity index (χ1n) is 10.4. The molecule has 0 unspecified atom stereocenters. The predicted octanol–water partition coefficient (Wildman–Crippen LogP) is 4.19. The van der Waals surface area contributed by atoms with Gasteiger partial charge >= 0.3 is 5.97 Å². The number of esters is 1. The normalized spacial score (nSPS) is 15.4. The van der Waals surface area contributed by atoms with Crippen molar-refractivity contribution in [2.45, 2.75) is 32.8 Å². The number of nitrogens with zero attached hydrogens (tertiary/aromatic N) is 5. The fraction of sp³-hybridized carbons (Fsp3) is 0.364. The summed E-state index contributed by atoms with van der Waals surface area (Å²) in [4.78, 5) is 34.2. The van der Waals surface area contributed by atoms with Crippen LogP contribution in [0.15, 0.2) is 47.2 Å². The Morgan fingerprint density at radius 2 is 2.09 bits per heavy atom. The zero-order chi connectivity index (χ0) is 22.7. The summed E-state index contributed by atoms with van der Waals surface area (Å²) < 4.78 is 10.8. The Labute approximate surface area is 184 Å². The van der Waals surface area contributed by atoms with Crippen LogP contribution in [0, 0.1) is 16.0 Å². The first-order chi connectivity index (χ1) is 15.4. The monoisotopic (exact) mass is 437 g/mol. The molecule has 1 aliphatic rings. The molecular formula is C22H23N5O5. The zero-order valence-corrected chi connectivity index (χ0v) is 17.8. The quantitative estimate of drug-likeness (QED) is 0.317. The minimum atomic E-state index is -0.839. The van der Waals surface area contributed by atoms with Crippen molar-refractivity contribution in [2.24, 2.45) is 5.92 Å². The summed E-state index contributed by atoms with van der Waals surface area (Å²) in [5, 5.41) is 15.2. The maximum atomic E-state index is 13.0. The Morgan fingerprint density at radius 3 is 2.78 bits per heavy atom. The number of ether oxygens (including phenoxy) is 1. The van der Waals surface area contributed by atoms with Gasteiger partial charge in [0, 0.05) is 43.2 Å². The van der Waals surface area contributed by atoms with Crippen molar-refractivity contribution in [1.29, 1.82) is 0 Å². The van der Waals surface area contributed by atoms with E-state index in [1.54, 1.807) is 37.5 Å². The van der Waals surface area contributed by atoms with Crippen molar-refractivity contribution >= 4 is 17.3 Å². The van der Waals surface area contributed by atoms with Crippen LogP contribution in [0.2, 0.25) is 0 Å². The first kappa shape index (κ1) is 21.4. The minimum absolute atomic E-state index is 0.121. The van der Waals surface area contributed by atoms with Crippen LogP contribution >= 0.6 is 0 Å². The van der Waals surface area contributed by atoms with Crippen molar-refractivity contribution in [3.8, 4) is 11.4 Å². The minimum Gasteiger partial charge on any atom is -0.449 e. The third-order valence-corrected chi connectivity index (χ3v) is 5.53. The molecule has 0 saturated carbocycles. The Morgan fingerprint density at radius 1 is 1.31 bits per heavy atom. The molecule has 1 fully saturated rings. The lowest BCUT2D eigenvalue weighted by atomic mass is 9.98. The lowest BCUT2D eigenvalue weighted by molar-refractivity contribution is -0.384. The van der Waals surface area contributed by atoms with Crippen molar-refractivity contribution in [1.82, 2.24) is 15.1 Å². The Kier molecular flexibility index (Phi) is 6.11. The lowest BCUT2D eigenvalue weighted by Crippen LogP contribution is -2.34. The molecule has 10 nitrogen and oxygen atoms in total. The first-order valence-corrected chi connectivity index (χ1v) is 10.4. The van der Waals surface area contributed by atoms with Crippen LogP contribution in [0.4, 0.5) is 11.4 Å². The number of nitro benzene ring substituents is 1. The van der Waals surface area contributed by atoms with E-state index in [0.29, 0.717) is 23.0 Å². The van der Waals surface area contributed by atoms with E-state index in [1.165, 1.54) is 12.1 Å². The SMILES string of the molecule is CC1CCN(c2ccc([N+](=O)[O-])cc2C(=O)O[C@@H](C)c2nc(-c3cccnc3)no2)CC1. The highest BCUT2D eigenvalue weighted by Crippen LogP contribution is 2.31. The zero-order valence-electron chi connectivity index (χ0n) is 17.8. The van der Waals surface area contributed by atoms with Crippen LogP contribution in [0.5, 0.6) is 0 Å². The maximum Gasteiger partial charge on any atom is 0.341 e. The van der Waals surface area contributed by atoms with Crippen LogP contribution in [-0.2, 0) is 4.74 Å². The van der Waals surface area contributed by atoms with Gasteiger partial charge in [-0.05, 0) is 43.9 Å². The Hall–Kier alpha value is -3.82. The number of piperidine rings is 1. The Bertz CT molecular complexity index is 1110. The Balaban J connectivity index is 1.56. The van der Waals surface area contributed by atoms with Gasteiger partial charge in [0.2, 0.25) is 5.82 Å². The summed E-state index contributed by atoms with van der Waals surface area (Å²) in [7, 11) is 0. The standard InChI is InChI=1S/C22H23N5O5/c1-14-7-10-26(11-8-14)19-6-5-17(27(29)30)12-18(19)22(28)31-15(2)21-24-20(25-32-21)16-4-3-9-23-13-16/h3-6,9,12-15H,7-8,10-11H2,1-2H3/t15-/m0/s1. The molecule has 0 amide bonds. The van der Waals surface area contributed by atoms with Crippen molar-refractivity contribution < 1.29 is 19.0 Å². The number of carbonyl (C=O) groups is 1. The third kappa shape index (κ3) is 4.58. The number of hydrogen-bond acceptors (Lipinski definition) is 9. The predicted molar refractivity (Wildman–Crippen MR) is 115 cm³/mol. The van der Waals surface area contributed by atoms with Gasteiger partial charge in [-0.1, -0.05) is 12.1 Å². The molecule has 2 aromatic heterocycles. The number of hydrogen-bond donors (Lipinski definition) is 0.